The van der Waals surface area contributed by atoms with E-state index in [1.807, 2.05) is 18.4 Å². The molecule has 2 aromatic rings. The smallest absolute Gasteiger partial charge is 0.341 e. The van der Waals surface area contributed by atoms with Crippen LogP contribution in [-0.4, -0.2) is 14.2 Å². The predicted molar refractivity (Wildman–Crippen MR) is 83.7 cm³/mol. The van der Waals surface area contributed by atoms with Crippen molar-refractivity contribution >= 4 is 42.8 Å². The molecule has 0 aliphatic heterocycles. The zero-order valence-electron chi connectivity index (χ0n) is 10.9. The summed E-state index contributed by atoms with van der Waals surface area (Å²) >= 11 is 4.96. The maximum absolute atomic E-state index is 12.4. The topological polar surface area (TPSA) is 46.2 Å². The van der Waals surface area contributed by atoms with Gasteiger partial charge in [-0.15, -0.1) is 11.3 Å². The lowest BCUT2D eigenvalue weighted by Gasteiger charge is -2.14. The molecule has 8 heteroatoms. The quantitative estimate of drug-likeness (QED) is 0.799. The minimum absolute atomic E-state index is 0.0267. The lowest BCUT2D eigenvalue weighted by atomic mass is 10.2. The van der Waals surface area contributed by atoms with Crippen molar-refractivity contribution in [2.45, 2.75) is 23.6 Å². The Balaban J connectivity index is 2.13. The summed E-state index contributed by atoms with van der Waals surface area (Å²) in [6.45, 7) is 1.96. The van der Waals surface area contributed by atoms with E-state index in [1.54, 1.807) is 11.3 Å². The van der Waals surface area contributed by atoms with E-state index < -0.39 is 15.6 Å². The highest BCUT2D eigenvalue weighted by Gasteiger charge is 2.26. The highest BCUT2D eigenvalue weighted by atomic mass is 79.9. The number of anilines is 1. The largest absolute Gasteiger partial charge is 0.378 e. The lowest BCUT2D eigenvalue weighted by Crippen LogP contribution is -2.11. The second kappa shape index (κ2) is 6.41. The monoisotopic (exact) mass is 395 g/mol. The molecule has 0 saturated carbocycles. The van der Waals surface area contributed by atoms with Crippen LogP contribution in [0.25, 0.3) is 0 Å². The first-order chi connectivity index (χ1) is 9.80. The summed E-state index contributed by atoms with van der Waals surface area (Å²) in [5.41, 5.74) is 0.667. The Morgan fingerprint density at radius 2 is 1.86 bits per heavy atom. The third-order valence-corrected chi connectivity index (χ3v) is 6.09. The van der Waals surface area contributed by atoms with Crippen molar-refractivity contribution in [3.8, 4) is 0 Å². The van der Waals surface area contributed by atoms with Crippen molar-refractivity contribution in [3.63, 3.8) is 0 Å². The fourth-order valence-corrected chi connectivity index (χ4v) is 3.89. The number of sulfone groups is 1. The summed E-state index contributed by atoms with van der Waals surface area (Å²) in [7, 11) is -4.54. The molecule has 1 unspecified atom stereocenters. The molecule has 0 radical (unpaired) electrons. The Morgan fingerprint density at radius 1 is 1.24 bits per heavy atom. The van der Waals surface area contributed by atoms with Crippen LogP contribution in [0.2, 0.25) is 0 Å². The van der Waals surface area contributed by atoms with E-state index in [0.29, 0.717) is 5.69 Å². The second-order valence-electron chi connectivity index (χ2n) is 4.36. The molecule has 1 aromatic carbocycles. The van der Waals surface area contributed by atoms with E-state index in [0.717, 1.165) is 9.35 Å². The first-order valence-electron chi connectivity index (χ1n) is 5.93. The molecule has 0 bridgehead atoms. The second-order valence-corrected chi connectivity index (χ2v) is 8.14. The molecule has 3 nitrogen and oxygen atoms in total. The third-order valence-electron chi connectivity index (χ3n) is 2.82. The van der Waals surface area contributed by atoms with Crippen LogP contribution in [0, 0.1) is 0 Å². The predicted octanol–water partition coefficient (Wildman–Crippen LogP) is 4.68. The van der Waals surface area contributed by atoms with Crippen molar-refractivity contribution in [2.75, 3.05) is 5.32 Å². The summed E-state index contributed by atoms with van der Waals surface area (Å²) in [6, 6.07) is 7.33. The molecule has 0 aliphatic carbocycles. The van der Waals surface area contributed by atoms with Crippen molar-refractivity contribution < 1.29 is 17.2 Å². The molecule has 1 heterocycles. The fraction of sp³-hybridized carbons (Fsp3) is 0.231. The maximum atomic E-state index is 12.4. The van der Waals surface area contributed by atoms with E-state index >= 15 is 0 Å². The van der Waals surface area contributed by atoms with Gasteiger partial charge in [-0.2, -0.15) is 8.78 Å². The van der Waals surface area contributed by atoms with Crippen LogP contribution in [-0.2, 0) is 9.84 Å². The van der Waals surface area contributed by atoms with Crippen molar-refractivity contribution in [1.29, 1.82) is 0 Å². The Kier molecular flexibility index (Phi) is 5.00. The molecule has 1 N–H and O–H groups in total. The zero-order chi connectivity index (χ0) is 15.6. The number of hydrogen-bond donors (Lipinski definition) is 1. The molecule has 114 valence electrons. The highest BCUT2D eigenvalue weighted by Crippen LogP contribution is 2.28. The molecule has 0 fully saturated rings. The van der Waals surface area contributed by atoms with Crippen molar-refractivity contribution in [2.24, 2.45) is 0 Å². The van der Waals surface area contributed by atoms with Gasteiger partial charge in [0.05, 0.1) is 10.9 Å². The molecule has 1 aromatic heterocycles. The normalized spacial score (nSPS) is 13.4. The summed E-state index contributed by atoms with van der Waals surface area (Å²) < 4.78 is 48.5. The lowest BCUT2D eigenvalue weighted by molar-refractivity contribution is 0.234. The van der Waals surface area contributed by atoms with Crippen LogP contribution >= 0.6 is 27.3 Å². The highest BCUT2D eigenvalue weighted by molar-refractivity contribution is 9.10. The Morgan fingerprint density at radius 3 is 2.33 bits per heavy atom. The number of halogens is 3. The molecule has 0 amide bonds. The molecule has 0 saturated heterocycles. The van der Waals surface area contributed by atoms with Gasteiger partial charge in [0, 0.05) is 20.4 Å². The van der Waals surface area contributed by atoms with Gasteiger partial charge in [0.25, 0.3) is 0 Å². The molecular weight excluding hydrogens is 384 g/mol. The number of alkyl halides is 2. The SMILES string of the molecule is CC(Nc1ccc(S(=O)(=O)C(F)F)cc1)c1cc(Br)cs1. The molecule has 0 spiro atoms. The minimum Gasteiger partial charge on any atom is -0.378 e. The summed E-state index contributed by atoms with van der Waals surface area (Å²) in [4.78, 5) is 0.723. The van der Waals surface area contributed by atoms with Gasteiger partial charge < -0.3 is 5.32 Å². The van der Waals surface area contributed by atoms with E-state index in [-0.39, 0.29) is 10.9 Å². The fourth-order valence-electron chi connectivity index (χ4n) is 1.72. The standard InChI is InChI=1S/C13H12BrF2NO2S2/c1-8(12-6-9(14)7-20-12)17-10-2-4-11(5-3-10)21(18,19)13(15)16/h2-8,13,17H,1H3. The van der Waals surface area contributed by atoms with E-state index in [2.05, 4.69) is 21.2 Å². The number of thiophene rings is 1. The van der Waals surface area contributed by atoms with Crippen LogP contribution < -0.4 is 5.32 Å². The average molecular weight is 396 g/mol. The Labute approximate surface area is 134 Å². The van der Waals surface area contributed by atoms with Crippen LogP contribution in [0.1, 0.15) is 17.8 Å². The van der Waals surface area contributed by atoms with Crippen molar-refractivity contribution in [1.82, 2.24) is 0 Å². The number of hydrogen-bond acceptors (Lipinski definition) is 4. The van der Waals surface area contributed by atoms with E-state index in [1.165, 1.54) is 24.3 Å². The van der Waals surface area contributed by atoms with Gasteiger partial charge in [-0.25, -0.2) is 8.42 Å². The maximum Gasteiger partial charge on any atom is 0.341 e. The van der Waals surface area contributed by atoms with Gasteiger partial charge in [0.1, 0.15) is 0 Å². The number of rotatable bonds is 5. The van der Waals surface area contributed by atoms with E-state index in [4.69, 9.17) is 0 Å². The molecular formula is C13H12BrF2NO2S2. The molecule has 0 aliphatic rings. The van der Waals surface area contributed by atoms with Gasteiger partial charge in [-0.1, -0.05) is 0 Å². The van der Waals surface area contributed by atoms with Crippen LogP contribution in [0.4, 0.5) is 14.5 Å². The summed E-state index contributed by atoms with van der Waals surface area (Å²) in [5.74, 6) is -3.40. The van der Waals surface area contributed by atoms with Gasteiger partial charge in [-0.05, 0) is 53.2 Å². The zero-order valence-corrected chi connectivity index (χ0v) is 14.1. The summed E-state index contributed by atoms with van der Waals surface area (Å²) in [6.07, 6.45) is 0. The molecule has 2 rings (SSSR count). The van der Waals surface area contributed by atoms with Gasteiger partial charge in [-0.3, -0.25) is 0 Å². The molecule has 1 atom stereocenters. The first kappa shape index (κ1) is 16.4. The van der Waals surface area contributed by atoms with Crippen LogP contribution in [0.3, 0.4) is 0 Å². The average Bonchev–Trinajstić information content (AvgIpc) is 2.86. The third kappa shape index (κ3) is 3.81. The Hall–Kier alpha value is -0.990. The number of benzene rings is 1. The summed E-state index contributed by atoms with van der Waals surface area (Å²) in [5, 5.41) is 5.15. The van der Waals surface area contributed by atoms with Gasteiger partial charge in [0.2, 0.25) is 9.84 Å². The minimum atomic E-state index is -4.54. The molecule has 21 heavy (non-hydrogen) atoms. The Bertz CT molecular complexity index is 714. The number of nitrogens with one attached hydrogen (secondary N) is 1. The van der Waals surface area contributed by atoms with E-state index in [9.17, 15) is 17.2 Å². The first-order valence-corrected chi connectivity index (χ1v) is 9.15. The van der Waals surface area contributed by atoms with Crippen molar-refractivity contribution in [3.05, 3.63) is 45.1 Å². The van der Waals surface area contributed by atoms with Crippen LogP contribution in [0.15, 0.2) is 45.1 Å². The van der Waals surface area contributed by atoms with Gasteiger partial charge >= 0.3 is 5.76 Å². The van der Waals surface area contributed by atoms with Crippen LogP contribution in [0.5, 0.6) is 0 Å². The van der Waals surface area contributed by atoms with Gasteiger partial charge in [0.15, 0.2) is 0 Å².